The molecule has 0 unspecified atom stereocenters. The molecule has 1 aromatic rings. The van der Waals surface area contributed by atoms with Crippen LogP contribution in [-0.4, -0.2) is 17.3 Å². The molecule has 0 aromatic heterocycles. The molecule has 0 aliphatic heterocycles. The number of halogens is 1. The number of aliphatic hydroxyl groups excluding tert-OH is 1. The number of aliphatic hydroxyl groups is 1. The maximum atomic E-state index is 10.4. The van der Waals surface area contributed by atoms with Gasteiger partial charge in [-0.2, -0.15) is 4.99 Å². The second-order valence-corrected chi connectivity index (χ2v) is 4.72. The molecule has 0 bridgehead atoms. The predicted octanol–water partition coefficient (Wildman–Crippen LogP) is 2.13. The number of nitrogens with zero attached hydrogens (tertiary/aromatic N) is 1. The zero-order chi connectivity index (χ0) is 10.9. The highest BCUT2D eigenvalue weighted by molar-refractivity contribution is 9.10. The van der Waals surface area contributed by atoms with Crippen molar-refractivity contribution >= 4 is 22.0 Å². The van der Waals surface area contributed by atoms with Gasteiger partial charge in [-0.1, -0.05) is 28.1 Å². The van der Waals surface area contributed by atoms with Crippen molar-refractivity contribution in [1.29, 1.82) is 0 Å². The molecular weight excluding hydrogens is 258 g/mol. The molecule has 3 nitrogen and oxygen atoms in total. The fourth-order valence-electron chi connectivity index (χ4n) is 1.98. The summed E-state index contributed by atoms with van der Waals surface area (Å²) in [5.41, 5.74) is 0.399. The summed E-state index contributed by atoms with van der Waals surface area (Å²) in [6, 6.07) is 7.65. The van der Waals surface area contributed by atoms with Crippen LogP contribution in [0.25, 0.3) is 0 Å². The Labute approximate surface area is 96.0 Å². The van der Waals surface area contributed by atoms with Gasteiger partial charge in [-0.3, -0.25) is 0 Å². The van der Waals surface area contributed by atoms with E-state index in [-0.39, 0.29) is 6.10 Å². The number of benzene rings is 1. The summed E-state index contributed by atoms with van der Waals surface area (Å²) >= 11 is 3.37. The van der Waals surface area contributed by atoms with E-state index >= 15 is 0 Å². The summed E-state index contributed by atoms with van der Waals surface area (Å²) in [6.07, 6.45) is 2.23. The third kappa shape index (κ3) is 1.88. The van der Waals surface area contributed by atoms with Crippen LogP contribution in [0.2, 0.25) is 0 Å². The van der Waals surface area contributed by atoms with E-state index in [9.17, 15) is 9.90 Å². The summed E-state index contributed by atoms with van der Waals surface area (Å²) < 4.78 is 0.946. The van der Waals surface area contributed by atoms with Gasteiger partial charge in [0.15, 0.2) is 0 Å². The van der Waals surface area contributed by atoms with Gasteiger partial charge in [-0.15, -0.1) is 0 Å². The van der Waals surface area contributed by atoms with Crippen LogP contribution < -0.4 is 0 Å². The number of hydrogen-bond acceptors (Lipinski definition) is 3. The van der Waals surface area contributed by atoms with Gasteiger partial charge in [0.2, 0.25) is 6.08 Å². The lowest BCUT2D eigenvalue weighted by Gasteiger charge is -2.41. The molecule has 0 radical (unpaired) electrons. The van der Waals surface area contributed by atoms with Crippen LogP contribution >= 0.6 is 15.9 Å². The van der Waals surface area contributed by atoms with Gasteiger partial charge < -0.3 is 5.11 Å². The fourth-order valence-corrected chi connectivity index (χ4v) is 2.38. The van der Waals surface area contributed by atoms with E-state index in [4.69, 9.17) is 0 Å². The Hall–Kier alpha value is -0.960. The molecule has 0 amide bonds. The van der Waals surface area contributed by atoms with Gasteiger partial charge in [0, 0.05) is 17.3 Å². The molecular formula is C11H10BrNO2. The number of isocyanates is 1. The molecule has 4 heteroatoms. The van der Waals surface area contributed by atoms with Crippen LogP contribution in [-0.2, 0) is 10.3 Å². The predicted molar refractivity (Wildman–Crippen MR) is 59.2 cm³/mol. The summed E-state index contributed by atoms with van der Waals surface area (Å²) in [4.78, 5) is 14.2. The lowest BCUT2D eigenvalue weighted by atomic mass is 9.70. The van der Waals surface area contributed by atoms with Crippen LogP contribution in [0.5, 0.6) is 0 Å². The van der Waals surface area contributed by atoms with Crippen molar-refractivity contribution < 1.29 is 9.90 Å². The van der Waals surface area contributed by atoms with Gasteiger partial charge >= 0.3 is 0 Å². The molecule has 15 heavy (non-hydrogen) atoms. The zero-order valence-corrected chi connectivity index (χ0v) is 9.57. The van der Waals surface area contributed by atoms with E-state index in [2.05, 4.69) is 20.9 Å². The first-order valence-electron chi connectivity index (χ1n) is 4.69. The normalized spacial score (nSPS) is 29.1. The molecule has 0 spiro atoms. The van der Waals surface area contributed by atoms with E-state index < -0.39 is 5.54 Å². The summed E-state index contributed by atoms with van der Waals surface area (Å²) in [5.74, 6) is 0. The standard InChI is InChI=1S/C11H10BrNO2/c12-9-3-1-2-8(4-9)11(13-7-14)5-10(15)6-11/h1-4,10,15H,5-6H2. The quantitative estimate of drug-likeness (QED) is 0.659. The summed E-state index contributed by atoms with van der Waals surface area (Å²) in [5, 5.41) is 9.34. The van der Waals surface area contributed by atoms with Gasteiger partial charge in [-0.05, 0) is 17.7 Å². The van der Waals surface area contributed by atoms with Gasteiger partial charge in [-0.25, -0.2) is 4.79 Å². The Bertz CT molecular complexity index is 420. The highest BCUT2D eigenvalue weighted by Gasteiger charge is 2.45. The molecule has 2 rings (SSSR count). The first-order valence-corrected chi connectivity index (χ1v) is 5.49. The zero-order valence-electron chi connectivity index (χ0n) is 7.98. The molecule has 0 heterocycles. The van der Waals surface area contributed by atoms with Crippen LogP contribution in [0.3, 0.4) is 0 Å². The molecule has 1 N–H and O–H groups in total. The minimum atomic E-state index is -0.551. The second kappa shape index (κ2) is 3.89. The summed E-state index contributed by atoms with van der Waals surface area (Å²) in [6.45, 7) is 0. The van der Waals surface area contributed by atoms with Crippen molar-refractivity contribution in [2.75, 3.05) is 0 Å². The fraction of sp³-hybridized carbons (Fsp3) is 0.364. The van der Waals surface area contributed by atoms with Crippen molar-refractivity contribution in [1.82, 2.24) is 0 Å². The summed E-state index contributed by atoms with van der Waals surface area (Å²) in [7, 11) is 0. The van der Waals surface area contributed by atoms with E-state index in [1.807, 2.05) is 24.3 Å². The molecule has 1 aliphatic rings. The number of aliphatic imine (C=N–C) groups is 1. The topological polar surface area (TPSA) is 49.7 Å². The largest absolute Gasteiger partial charge is 0.393 e. The van der Waals surface area contributed by atoms with E-state index in [0.29, 0.717) is 12.8 Å². The molecule has 0 atom stereocenters. The molecule has 0 saturated heterocycles. The second-order valence-electron chi connectivity index (χ2n) is 3.81. The van der Waals surface area contributed by atoms with E-state index in [1.54, 1.807) is 6.08 Å². The maximum absolute atomic E-state index is 10.4. The highest BCUT2D eigenvalue weighted by Crippen LogP contribution is 2.45. The third-order valence-corrected chi connectivity index (χ3v) is 3.26. The Morgan fingerprint density at radius 1 is 1.53 bits per heavy atom. The first kappa shape index (κ1) is 10.6. The van der Waals surface area contributed by atoms with Crippen molar-refractivity contribution in [3.05, 3.63) is 34.3 Å². The molecule has 78 valence electrons. The first-order chi connectivity index (χ1) is 7.16. The van der Waals surface area contributed by atoms with Crippen LogP contribution in [0.4, 0.5) is 0 Å². The molecule has 1 saturated carbocycles. The van der Waals surface area contributed by atoms with E-state index in [1.165, 1.54) is 0 Å². The SMILES string of the molecule is O=C=NC1(c2cccc(Br)c2)CC(O)C1. The smallest absolute Gasteiger partial charge is 0.235 e. The van der Waals surface area contributed by atoms with Gasteiger partial charge in [0.1, 0.15) is 5.54 Å². The average molecular weight is 268 g/mol. The Morgan fingerprint density at radius 2 is 2.27 bits per heavy atom. The lowest BCUT2D eigenvalue weighted by molar-refractivity contribution is 0.0223. The number of rotatable bonds is 2. The Balaban J connectivity index is 2.38. The lowest BCUT2D eigenvalue weighted by Crippen LogP contribution is -2.43. The van der Waals surface area contributed by atoms with E-state index in [0.717, 1.165) is 10.0 Å². The Morgan fingerprint density at radius 3 is 2.80 bits per heavy atom. The van der Waals surface area contributed by atoms with Crippen LogP contribution in [0.1, 0.15) is 18.4 Å². The minimum Gasteiger partial charge on any atom is -0.393 e. The monoisotopic (exact) mass is 267 g/mol. The minimum absolute atomic E-state index is 0.360. The molecule has 1 aliphatic carbocycles. The van der Waals surface area contributed by atoms with Crippen molar-refractivity contribution in [3.63, 3.8) is 0 Å². The third-order valence-electron chi connectivity index (χ3n) is 2.77. The van der Waals surface area contributed by atoms with Gasteiger partial charge in [0.25, 0.3) is 0 Å². The van der Waals surface area contributed by atoms with Crippen molar-refractivity contribution in [3.8, 4) is 0 Å². The molecule has 1 fully saturated rings. The number of carbonyl (C=O) groups excluding carboxylic acids is 1. The molecule has 1 aromatic carbocycles. The highest BCUT2D eigenvalue weighted by atomic mass is 79.9. The van der Waals surface area contributed by atoms with Crippen LogP contribution in [0.15, 0.2) is 33.7 Å². The van der Waals surface area contributed by atoms with Crippen LogP contribution in [0, 0.1) is 0 Å². The van der Waals surface area contributed by atoms with Gasteiger partial charge in [0.05, 0.1) is 6.10 Å². The maximum Gasteiger partial charge on any atom is 0.235 e. The Kier molecular flexibility index (Phi) is 2.74. The van der Waals surface area contributed by atoms with Crippen molar-refractivity contribution in [2.24, 2.45) is 4.99 Å². The number of hydrogen-bond donors (Lipinski definition) is 1. The van der Waals surface area contributed by atoms with Crippen molar-refractivity contribution in [2.45, 2.75) is 24.5 Å². The average Bonchev–Trinajstić information content (AvgIpc) is 2.15.